The van der Waals surface area contributed by atoms with Crippen LogP contribution in [0.2, 0.25) is 0 Å². The fourth-order valence-electron chi connectivity index (χ4n) is 1.65. The summed E-state index contributed by atoms with van der Waals surface area (Å²) < 4.78 is 32.1. The number of nitrogens with zero attached hydrogens (tertiary/aromatic N) is 1. The van der Waals surface area contributed by atoms with E-state index in [1.807, 2.05) is 0 Å². The topological polar surface area (TPSA) is 68.3 Å². The number of ether oxygens (including phenoxy) is 1. The van der Waals surface area contributed by atoms with Gasteiger partial charge in [-0.25, -0.2) is 18.6 Å². The Bertz CT molecular complexity index is 754. The van der Waals surface area contributed by atoms with Crippen molar-refractivity contribution in [2.24, 2.45) is 0 Å². The quantitative estimate of drug-likeness (QED) is 0.921. The Labute approximate surface area is 135 Å². The second kappa shape index (κ2) is 6.41. The van der Waals surface area contributed by atoms with Crippen molar-refractivity contribution in [3.63, 3.8) is 0 Å². The van der Waals surface area contributed by atoms with Crippen molar-refractivity contribution in [2.45, 2.75) is 26.4 Å². The van der Waals surface area contributed by atoms with E-state index in [4.69, 9.17) is 4.74 Å². The average Bonchev–Trinajstić information content (AvgIpc) is 2.82. The molecule has 1 aromatic carbocycles. The van der Waals surface area contributed by atoms with Gasteiger partial charge in [-0.15, -0.1) is 0 Å². The van der Waals surface area contributed by atoms with Gasteiger partial charge in [-0.2, -0.15) is 0 Å². The zero-order valence-electron chi connectivity index (χ0n) is 12.6. The van der Waals surface area contributed by atoms with Crippen molar-refractivity contribution in [3.8, 4) is 10.6 Å². The van der Waals surface area contributed by atoms with E-state index in [-0.39, 0.29) is 21.3 Å². The molecule has 0 saturated heterocycles. The maximum absolute atomic E-state index is 13.8. The summed E-state index contributed by atoms with van der Waals surface area (Å²) in [5.41, 5.74) is -1.04. The lowest BCUT2D eigenvalue weighted by Gasteiger charge is -2.19. The van der Waals surface area contributed by atoms with Crippen LogP contribution >= 0.6 is 11.3 Å². The second-order valence-corrected chi connectivity index (χ2v) is 6.55. The molecule has 0 aliphatic heterocycles. The third kappa shape index (κ3) is 4.32. The molecule has 0 fully saturated rings. The first-order valence-electron chi connectivity index (χ1n) is 6.54. The maximum atomic E-state index is 13.8. The lowest BCUT2D eigenvalue weighted by atomic mass is 10.2. The number of thiazole rings is 1. The molecule has 1 radical (unpaired) electrons. The molecule has 0 aliphatic rings. The van der Waals surface area contributed by atoms with Gasteiger partial charge in [0, 0.05) is 5.56 Å². The molecule has 1 heterocycles. The van der Waals surface area contributed by atoms with Crippen LogP contribution in [-0.4, -0.2) is 23.0 Å². The monoisotopic (exact) mass is 339 g/mol. The summed E-state index contributed by atoms with van der Waals surface area (Å²) in [5, 5.41) is 2.45. The molecule has 5 nitrogen and oxygen atoms in total. The van der Waals surface area contributed by atoms with Gasteiger partial charge >= 0.3 is 6.09 Å². The maximum Gasteiger partial charge on any atom is 0.412 e. The summed E-state index contributed by atoms with van der Waals surface area (Å²) >= 11 is 0.822. The van der Waals surface area contributed by atoms with Crippen molar-refractivity contribution in [1.82, 2.24) is 4.98 Å². The van der Waals surface area contributed by atoms with E-state index in [0.717, 1.165) is 29.5 Å². The third-order valence-corrected chi connectivity index (χ3v) is 3.50. The molecule has 0 atom stereocenters. The number of halogens is 2. The SMILES string of the molecule is CC(C)(C)OC(=O)Nc1sc(-c2cc(F)ccc2F)nc1[C]=O. The van der Waals surface area contributed by atoms with Gasteiger partial charge in [0.05, 0.1) is 0 Å². The molecular weight excluding hydrogens is 326 g/mol. The van der Waals surface area contributed by atoms with E-state index >= 15 is 0 Å². The van der Waals surface area contributed by atoms with Crippen molar-refractivity contribution >= 4 is 28.7 Å². The molecule has 0 bridgehead atoms. The predicted molar refractivity (Wildman–Crippen MR) is 82.1 cm³/mol. The molecule has 1 N–H and O–H groups in total. The summed E-state index contributed by atoms with van der Waals surface area (Å²) in [5.74, 6) is -1.34. The van der Waals surface area contributed by atoms with E-state index in [1.54, 1.807) is 27.1 Å². The molecule has 0 spiro atoms. The largest absolute Gasteiger partial charge is 0.444 e. The van der Waals surface area contributed by atoms with Crippen LogP contribution in [0.1, 0.15) is 26.5 Å². The van der Waals surface area contributed by atoms with Crippen molar-refractivity contribution < 1.29 is 23.1 Å². The lowest BCUT2D eigenvalue weighted by Crippen LogP contribution is -2.27. The Kier molecular flexibility index (Phi) is 4.74. The molecule has 2 rings (SSSR count). The third-order valence-electron chi connectivity index (χ3n) is 2.50. The molecule has 1 amide bonds. The number of hydrogen-bond acceptors (Lipinski definition) is 5. The Balaban J connectivity index is 2.33. The molecule has 0 saturated carbocycles. The Morgan fingerprint density at radius 1 is 1.35 bits per heavy atom. The zero-order valence-corrected chi connectivity index (χ0v) is 13.4. The molecule has 8 heteroatoms. The van der Waals surface area contributed by atoms with Crippen LogP contribution in [0, 0.1) is 11.6 Å². The van der Waals surface area contributed by atoms with Crippen LogP contribution in [0.3, 0.4) is 0 Å². The van der Waals surface area contributed by atoms with E-state index in [1.165, 1.54) is 0 Å². The predicted octanol–water partition coefficient (Wildman–Crippen LogP) is 3.89. The molecule has 121 valence electrons. The number of hydrogen-bond donors (Lipinski definition) is 1. The highest BCUT2D eigenvalue weighted by Crippen LogP contribution is 2.33. The summed E-state index contributed by atoms with van der Waals surface area (Å²) in [6.45, 7) is 5.04. The molecule has 0 unspecified atom stereocenters. The van der Waals surface area contributed by atoms with Gasteiger partial charge in [0.15, 0.2) is 5.69 Å². The number of benzene rings is 1. The number of rotatable bonds is 3. The van der Waals surface area contributed by atoms with Crippen LogP contribution in [0.5, 0.6) is 0 Å². The summed E-state index contributed by atoms with van der Waals surface area (Å²) in [6.07, 6.45) is 0.763. The second-order valence-electron chi connectivity index (χ2n) is 5.55. The number of nitrogens with one attached hydrogen (secondary N) is 1. The van der Waals surface area contributed by atoms with Crippen LogP contribution in [0.15, 0.2) is 18.2 Å². The lowest BCUT2D eigenvalue weighted by molar-refractivity contribution is 0.0636. The standard InChI is InChI=1S/C15H13F2N2O3S/c1-15(2,3)22-14(21)19-13-11(7-20)18-12(23-13)9-6-8(16)4-5-10(9)17/h4-6H,1-3H3,(H,19,21). The van der Waals surface area contributed by atoms with Crippen LogP contribution in [-0.2, 0) is 9.53 Å². The highest BCUT2D eigenvalue weighted by molar-refractivity contribution is 7.19. The number of carbonyl (C=O) groups is 1. The summed E-state index contributed by atoms with van der Waals surface area (Å²) in [7, 11) is 0. The summed E-state index contributed by atoms with van der Waals surface area (Å²) in [4.78, 5) is 26.6. The smallest absolute Gasteiger partial charge is 0.412 e. The highest BCUT2D eigenvalue weighted by Gasteiger charge is 2.21. The van der Waals surface area contributed by atoms with Gasteiger partial charge in [0.1, 0.15) is 27.2 Å². The number of amides is 1. The highest BCUT2D eigenvalue weighted by atomic mass is 32.1. The molecular formula is C15H13F2N2O3S. The fourth-order valence-corrected chi connectivity index (χ4v) is 2.56. The molecule has 23 heavy (non-hydrogen) atoms. The summed E-state index contributed by atoms with van der Waals surface area (Å²) in [6, 6.07) is 2.89. The first-order valence-corrected chi connectivity index (χ1v) is 7.35. The van der Waals surface area contributed by atoms with Crippen molar-refractivity contribution in [2.75, 3.05) is 5.32 Å². The fraction of sp³-hybridized carbons (Fsp3) is 0.267. The average molecular weight is 339 g/mol. The van der Waals surface area contributed by atoms with Gasteiger partial charge in [-0.05, 0) is 39.0 Å². The number of anilines is 1. The normalized spacial score (nSPS) is 11.2. The number of carbonyl (C=O) groups excluding carboxylic acids is 2. The van der Waals surface area contributed by atoms with E-state index in [2.05, 4.69) is 10.3 Å². The van der Waals surface area contributed by atoms with Gasteiger partial charge < -0.3 is 4.74 Å². The Hall–Kier alpha value is -2.35. The Morgan fingerprint density at radius 2 is 2.04 bits per heavy atom. The molecule has 2 aromatic rings. The molecule has 0 aliphatic carbocycles. The van der Waals surface area contributed by atoms with E-state index < -0.39 is 23.3 Å². The van der Waals surface area contributed by atoms with E-state index in [9.17, 15) is 18.4 Å². The van der Waals surface area contributed by atoms with Crippen LogP contribution in [0.4, 0.5) is 18.6 Å². The minimum atomic E-state index is -0.788. The van der Waals surface area contributed by atoms with Crippen LogP contribution < -0.4 is 5.32 Å². The van der Waals surface area contributed by atoms with Gasteiger partial charge in [0.2, 0.25) is 0 Å². The first kappa shape index (κ1) is 17.0. The van der Waals surface area contributed by atoms with Crippen molar-refractivity contribution in [3.05, 3.63) is 35.5 Å². The minimum absolute atomic E-state index is 0.0476. The Morgan fingerprint density at radius 3 is 2.65 bits per heavy atom. The van der Waals surface area contributed by atoms with E-state index in [0.29, 0.717) is 0 Å². The first-order chi connectivity index (χ1) is 10.7. The minimum Gasteiger partial charge on any atom is -0.444 e. The zero-order chi connectivity index (χ0) is 17.2. The molecule has 1 aromatic heterocycles. The number of aromatic nitrogens is 1. The van der Waals surface area contributed by atoms with Gasteiger partial charge in [-0.1, -0.05) is 11.3 Å². The van der Waals surface area contributed by atoms with Crippen LogP contribution in [0.25, 0.3) is 10.6 Å². The van der Waals surface area contributed by atoms with Gasteiger partial charge in [-0.3, -0.25) is 10.1 Å². The van der Waals surface area contributed by atoms with Crippen molar-refractivity contribution in [1.29, 1.82) is 0 Å². The van der Waals surface area contributed by atoms with Gasteiger partial charge in [0.25, 0.3) is 6.29 Å².